The number of thioether (sulfide) groups is 1. The molecule has 0 unspecified atom stereocenters. The molecule has 1 aromatic heterocycles. The Balaban J connectivity index is 1.41. The lowest BCUT2D eigenvalue weighted by Crippen LogP contribution is -2.33. The molecule has 0 atom stereocenters. The molecule has 0 fully saturated rings. The van der Waals surface area contributed by atoms with Crippen LogP contribution < -0.4 is 0 Å². The van der Waals surface area contributed by atoms with Crippen LogP contribution in [0.25, 0.3) is 5.69 Å². The van der Waals surface area contributed by atoms with E-state index in [-0.39, 0.29) is 16.9 Å². The number of rotatable bonds is 5. The van der Waals surface area contributed by atoms with Crippen molar-refractivity contribution in [3.05, 3.63) is 77.6 Å². The Bertz CT molecular complexity index is 1140. The van der Waals surface area contributed by atoms with Gasteiger partial charge in [0.15, 0.2) is 5.16 Å². The van der Waals surface area contributed by atoms with E-state index in [1.54, 1.807) is 12.1 Å². The van der Waals surface area contributed by atoms with Crippen LogP contribution in [-0.4, -0.2) is 38.2 Å². The van der Waals surface area contributed by atoms with Gasteiger partial charge in [-0.2, -0.15) is 13.2 Å². The lowest BCUT2D eigenvalue weighted by atomic mass is 10.1. The first kappa shape index (κ1) is 20.7. The van der Waals surface area contributed by atoms with Crippen LogP contribution in [-0.2, 0) is 15.8 Å². The van der Waals surface area contributed by atoms with Gasteiger partial charge < -0.3 is 4.84 Å². The number of hydrogen-bond acceptors (Lipinski definition) is 6. The third-order valence-electron chi connectivity index (χ3n) is 4.35. The van der Waals surface area contributed by atoms with Crippen molar-refractivity contribution in [3.63, 3.8) is 0 Å². The number of carbonyl (C=O) groups excluding carboxylic acids is 3. The molecule has 2 amide bonds. The quantitative estimate of drug-likeness (QED) is 0.438. The summed E-state index contributed by atoms with van der Waals surface area (Å²) in [7, 11) is 0. The lowest BCUT2D eigenvalue weighted by Gasteiger charge is -2.13. The number of hydrogen-bond donors (Lipinski definition) is 0. The van der Waals surface area contributed by atoms with E-state index in [1.165, 1.54) is 41.2 Å². The molecular weight excluding hydrogens is 435 g/mol. The van der Waals surface area contributed by atoms with Gasteiger partial charge in [-0.15, -0.1) is 0 Å². The first-order chi connectivity index (χ1) is 14.8. The van der Waals surface area contributed by atoms with Gasteiger partial charge >= 0.3 is 12.1 Å². The van der Waals surface area contributed by atoms with Crippen molar-refractivity contribution in [3.8, 4) is 5.69 Å². The number of benzene rings is 2. The molecular formula is C20H12F3N3O4S. The van der Waals surface area contributed by atoms with Crippen LogP contribution in [0.1, 0.15) is 26.3 Å². The summed E-state index contributed by atoms with van der Waals surface area (Å²) in [4.78, 5) is 45.7. The van der Waals surface area contributed by atoms with Crippen LogP contribution in [0, 0.1) is 0 Å². The van der Waals surface area contributed by atoms with Gasteiger partial charge in [-0.25, -0.2) is 9.78 Å². The number of nitrogens with zero attached hydrogens (tertiary/aromatic N) is 3. The van der Waals surface area contributed by atoms with Gasteiger partial charge in [0.05, 0.1) is 16.7 Å². The molecule has 31 heavy (non-hydrogen) atoms. The van der Waals surface area contributed by atoms with Gasteiger partial charge in [0.1, 0.15) is 5.75 Å². The number of fused-ring (bicyclic) bond motifs is 1. The number of hydroxylamine groups is 2. The maximum atomic E-state index is 12.7. The standard InChI is InChI=1S/C20H12F3N3O4S/c21-20(22,23)12-5-7-13(8-6-12)25-10-9-24-19(25)31-11-16(27)30-26-17(28)14-3-1-2-4-15(14)18(26)29/h1-10H,11H2. The molecule has 0 spiro atoms. The van der Waals surface area contributed by atoms with E-state index in [0.29, 0.717) is 15.9 Å². The van der Waals surface area contributed by atoms with Gasteiger partial charge in [-0.1, -0.05) is 29.0 Å². The highest BCUT2D eigenvalue weighted by molar-refractivity contribution is 7.99. The predicted molar refractivity (Wildman–Crippen MR) is 102 cm³/mol. The second kappa shape index (κ2) is 7.91. The van der Waals surface area contributed by atoms with Crippen molar-refractivity contribution < 1.29 is 32.4 Å². The Morgan fingerprint density at radius 1 is 1.00 bits per heavy atom. The van der Waals surface area contributed by atoms with Crippen molar-refractivity contribution in [2.45, 2.75) is 11.3 Å². The molecule has 0 N–H and O–H groups in total. The minimum absolute atomic E-state index is 0.144. The topological polar surface area (TPSA) is 81.5 Å². The van der Waals surface area contributed by atoms with Crippen molar-refractivity contribution in [1.82, 2.24) is 14.6 Å². The first-order valence-electron chi connectivity index (χ1n) is 8.78. The monoisotopic (exact) mass is 447 g/mol. The molecule has 2 aromatic carbocycles. The number of aromatic nitrogens is 2. The van der Waals surface area contributed by atoms with Gasteiger partial charge in [0.2, 0.25) is 0 Å². The van der Waals surface area contributed by atoms with Crippen LogP contribution >= 0.6 is 11.8 Å². The Morgan fingerprint density at radius 2 is 1.61 bits per heavy atom. The number of alkyl halides is 3. The average molecular weight is 447 g/mol. The lowest BCUT2D eigenvalue weighted by molar-refractivity contribution is -0.165. The molecule has 1 aliphatic rings. The molecule has 158 valence electrons. The highest BCUT2D eigenvalue weighted by Gasteiger charge is 2.38. The van der Waals surface area contributed by atoms with Gasteiger partial charge in [0, 0.05) is 18.1 Å². The summed E-state index contributed by atoms with van der Waals surface area (Å²) in [5.74, 6) is -2.61. The second-order valence-electron chi connectivity index (χ2n) is 6.33. The first-order valence-corrected chi connectivity index (χ1v) is 9.76. The molecule has 3 aromatic rings. The SMILES string of the molecule is O=C(CSc1nccn1-c1ccc(C(F)(F)F)cc1)ON1C(=O)c2ccccc2C1=O. The minimum Gasteiger partial charge on any atom is -0.329 e. The summed E-state index contributed by atoms with van der Waals surface area (Å²) in [6, 6.07) is 10.6. The van der Waals surface area contributed by atoms with E-state index in [4.69, 9.17) is 4.84 Å². The molecule has 0 aliphatic carbocycles. The van der Waals surface area contributed by atoms with Crippen molar-refractivity contribution >= 4 is 29.5 Å². The van der Waals surface area contributed by atoms with Gasteiger partial charge in [0.25, 0.3) is 11.8 Å². The molecule has 2 heterocycles. The maximum Gasteiger partial charge on any atom is 0.416 e. The van der Waals surface area contributed by atoms with Crippen LogP contribution in [0.15, 0.2) is 66.1 Å². The number of amides is 2. The maximum absolute atomic E-state index is 12.7. The molecule has 1 aliphatic heterocycles. The molecule has 0 saturated heterocycles. The largest absolute Gasteiger partial charge is 0.416 e. The van der Waals surface area contributed by atoms with E-state index in [9.17, 15) is 27.6 Å². The molecule has 7 nitrogen and oxygen atoms in total. The number of halogens is 3. The fourth-order valence-corrected chi connectivity index (χ4v) is 3.65. The molecule has 4 rings (SSSR count). The third kappa shape index (κ3) is 4.04. The number of imide groups is 1. The Morgan fingerprint density at radius 3 is 2.19 bits per heavy atom. The Labute approximate surface area is 177 Å². The summed E-state index contributed by atoms with van der Waals surface area (Å²) < 4.78 is 39.7. The van der Waals surface area contributed by atoms with Crippen LogP contribution in [0.3, 0.4) is 0 Å². The summed E-state index contributed by atoms with van der Waals surface area (Å²) in [5.41, 5.74) is -0.0756. The number of imidazole rings is 1. The smallest absolute Gasteiger partial charge is 0.329 e. The molecule has 11 heteroatoms. The fraction of sp³-hybridized carbons (Fsp3) is 0.100. The number of carbonyl (C=O) groups is 3. The Hall–Kier alpha value is -3.60. The molecule has 0 saturated carbocycles. The van der Waals surface area contributed by atoms with E-state index in [1.807, 2.05) is 0 Å². The summed E-state index contributed by atoms with van der Waals surface area (Å²) >= 11 is 0.942. The summed E-state index contributed by atoms with van der Waals surface area (Å²) in [5, 5.41) is 0.731. The zero-order valence-corrected chi connectivity index (χ0v) is 16.3. The minimum atomic E-state index is -4.45. The zero-order chi connectivity index (χ0) is 22.2. The van der Waals surface area contributed by atoms with Crippen molar-refractivity contribution in [2.75, 3.05) is 5.75 Å². The highest BCUT2D eigenvalue weighted by Crippen LogP contribution is 2.30. The predicted octanol–water partition coefficient (Wildman–Crippen LogP) is 3.74. The highest BCUT2D eigenvalue weighted by atomic mass is 32.2. The van der Waals surface area contributed by atoms with Crippen LogP contribution in [0.4, 0.5) is 13.2 Å². The van der Waals surface area contributed by atoms with Crippen LogP contribution in [0.2, 0.25) is 0 Å². The Kier molecular flexibility index (Phi) is 5.27. The third-order valence-corrected chi connectivity index (χ3v) is 5.29. The van der Waals surface area contributed by atoms with E-state index < -0.39 is 29.5 Å². The van der Waals surface area contributed by atoms with Gasteiger partial charge in [-0.3, -0.25) is 14.2 Å². The fourth-order valence-electron chi connectivity index (χ4n) is 2.91. The van der Waals surface area contributed by atoms with Crippen molar-refractivity contribution in [2.24, 2.45) is 0 Å². The van der Waals surface area contributed by atoms with E-state index in [0.717, 1.165) is 23.9 Å². The van der Waals surface area contributed by atoms with Crippen molar-refractivity contribution in [1.29, 1.82) is 0 Å². The van der Waals surface area contributed by atoms with Crippen LogP contribution in [0.5, 0.6) is 0 Å². The zero-order valence-electron chi connectivity index (χ0n) is 15.5. The van der Waals surface area contributed by atoms with Gasteiger partial charge in [-0.05, 0) is 36.4 Å². The summed E-state index contributed by atoms with van der Waals surface area (Å²) in [6.07, 6.45) is -1.49. The molecule has 0 radical (unpaired) electrons. The second-order valence-corrected chi connectivity index (χ2v) is 7.27. The molecule has 0 bridgehead atoms. The summed E-state index contributed by atoms with van der Waals surface area (Å²) in [6.45, 7) is 0. The van der Waals surface area contributed by atoms with E-state index in [2.05, 4.69) is 4.98 Å². The average Bonchev–Trinajstić information content (AvgIpc) is 3.31. The van der Waals surface area contributed by atoms with E-state index >= 15 is 0 Å². The normalized spacial score (nSPS) is 13.5.